The average Bonchev–Trinajstić information content (AvgIpc) is 3.29. The number of piperidine rings is 1. The molecule has 4 N–H and O–H groups in total. The maximum absolute atomic E-state index is 13.4. The highest BCUT2D eigenvalue weighted by atomic mass is 35.5. The Kier molecular flexibility index (Phi) is 7.37. The molecule has 3 aromatic rings. The van der Waals surface area contributed by atoms with Gasteiger partial charge in [0.25, 0.3) is 11.8 Å². The zero-order valence-electron chi connectivity index (χ0n) is 20.8. The summed E-state index contributed by atoms with van der Waals surface area (Å²) < 4.78 is 0. The number of aromatic carboxylic acids is 1. The molecule has 10 heteroatoms. The third-order valence-electron chi connectivity index (χ3n) is 7.37. The third-order valence-corrected chi connectivity index (χ3v) is 7.60. The van der Waals surface area contributed by atoms with Crippen molar-refractivity contribution in [1.82, 2.24) is 15.6 Å². The number of carboxylic acid groups (broad SMARTS) is 1. The number of amides is 3. The largest absolute Gasteiger partial charge is 0.477 e. The molecule has 3 amide bonds. The van der Waals surface area contributed by atoms with E-state index in [1.54, 1.807) is 47.4 Å². The second-order valence-electron chi connectivity index (χ2n) is 9.86. The molecule has 1 saturated carbocycles. The van der Waals surface area contributed by atoms with Gasteiger partial charge in [-0.2, -0.15) is 0 Å². The van der Waals surface area contributed by atoms with Gasteiger partial charge < -0.3 is 25.6 Å². The summed E-state index contributed by atoms with van der Waals surface area (Å²) in [5.41, 5.74) is 1.56. The molecule has 2 heterocycles. The fourth-order valence-corrected chi connectivity index (χ4v) is 5.57. The molecule has 2 unspecified atom stereocenters. The average molecular weight is 537 g/mol. The Labute approximate surface area is 224 Å². The standard InChI is InChI=1S/C28H29ClN4O5/c29-17-10-13-20-19(15-17)24(25(30-20)28(37)38)27(36)32-22-6-2-1-5-21(22)31-26(35)16-8-11-18(12-9-16)33-14-4-3-7-23(33)34/h8-13,15,21-22,30H,1-7,14H2,(H,31,35)(H,32,36)(H,37,38). The lowest BCUT2D eigenvalue weighted by atomic mass is 9.89. The number of nitrogens with one attached hydrogen (secondary N) is 3. The van der Waals surface area contributed by atoms with Gasteiger partial charge in [-0.3, -0.25) is 14.4 Å². The Bertz CT molecular complexity index is 1400. The van der Waals surface area contributed by atoms with Gasteiger partial charge in [0.2, 0.25) is 5.91 Å². The van der Waals surface area contributed by atoms with Crippen LogP contribution in [0.1, 0.15) is 76.2 Å². The van der Waals surface area contributed by atoms with E-state index in [2.05, 4.69) is 15.6 Å². The van der Waals surface area contributed by atoms with Crippen molar-refractivity contribution in [2.24, 2.45) is 0 Å². The maximum Gasteiger partial charge on any atom is 0.353 e. The molecule has 2 aliphatic rings. The summed E-state index contributed by atoms with van der Waals surface area (Å²) in [7, 11) is 0. The minimum Gasteiger partial charge on any atom is -0.477 e. The fraction of sp³-hybridized carbons (Fsp3) is 0.357. The van der Waals surface area contributed by atoms with E-state index in [0.717, 1.165) is 31.4 Å². The number of H-pyrrole nitrogens is 1. The predicted octanol–water partition coefficient (Wildman–Crippen LogP) is 4.51. The number of halogens is 1. The second kappa shape index (κ2) is 10.9. The van der Waals surface area contributed by atoms with Gasteiger partial charge in [-0.1, -0.05) is 24.4 Å². The maximum atomic E-state index is 13.4. The number of hydrogen-bond acceptors (Lipinski definition) is 4. The molecular weight excluding hydrogens is 508 g/mol. The SMILES string of the molecule is O=C(NC1CCCCC1NC(=O)c1c(C(=O)O)[nH]c2ccc(Cl)cc12)c1ccc(N2CCCCC2=O)cc1. The Morgan fingerprint density at radius 1 is 0.921 bits per heavy atom. The van der Waals surface area contributed by atoms with Crippen LogP contribution in [0.25, 0.3) is 10.9 Å². The molecule has 2 fully saturated rings. The number of nitrogens with zero attached hydrogens (tertiary/aromatic N) is 1. The van der Waals surface area contributed by atoms with Crippen LogP contribution in [-0.2, 0) is 4.79 Å². The van der Waals surface area contributed by atoms with Gasteiger partial charge in [0.15, 0.2) is 0 Å². The number of fused-ring (bicyclic) bond motifs is 1. The van der Waals surface area contributed by atoms with Crippen molar-refractivity contribution in [1.29, 1.82) is 0 Å². The smallest absolute Gasteiger partial charge is 0.353 e. The van der Waals surface area contributed by atoms with Gasteiger partial charge in [0.1, 0.15) is 5.69 Å². The molecule has 5 rings (SSSR count). The molecule has 1 aliphatic carbocycles. The van der Waals surface area contributed by atoms with E-state index in [4.69, 9.17) is 11.6 Å². The van der Waals surface area contributed by atoms with Gasteiger partial charge in [0, 0.05) is 52.2 Å². The van der Waals surface area contributed by atoms with Crippen molar-refractivity contribution in [2.45, 2.75) is 57.0 Å². The van der Waals surface area contributed by atoms with E-state index in [9.17, 15) is 24.3 Å². The number of carbonyl (C=O) groups is 4. The predicted molar refractivity (Wildman–Crippen MR) is 144 cm³/mol. The van der Waals surface area contributed by atoms with Gasteiger partial charge in [0.05, 0.1) is 5.56 Å². The number of anilines is 1. The third kappa shape index (κ3) is 5.24. The Balaban J connectivity index is 1.30. The van der Waals surface area contributed by atoms with Gasteiger partial charge >= 0.3 is 5.97 Å². The molecular formula is C28H29ClN4O5. The highest BCUT2D eigenvalue weighted by molar-refractivity contribution is 6.31. The van der Waals surface area contributed by atoms with Crippen molar-refractivity contribution in [3.05, 3.63) is 64.3 Å². The molecule has 38 heavy (non-hydrogen) atoms. The molecule has 1 aromatic heterocycles. The first-order chi connectivity index (χ1) is 18.3. The topological polar surface area (TPSA) is 132 Å². The lowest BCUT2D eigenvalue weighted by molar-refractivity contribution is -0.119. The van der Waals surface area contributed by atoms with Crippen molar-refractivity contribution < 1.29 is 24.3 Å². The second-order valence-corrected chi connectivity index (χ2v) is 10.3. The van der Waals surface area contributed by atoms with Crippen LogP contribution in [0, 0.1) is 0 Å². The monoisotopic (exact) mass is 536 g/mol. The highest BCUT2D eigenvalue weighted by Gasteiger charge is 2.31. The van der Waals surface area contributed by atoms with E-state index in [0.29, 0.717) is 47.3 Å². The first kappa shape index (κ1) is 25.8. The van der Waals surface area contributed by atoms with E-state index >= 15 is 0 Å². The summed E-state index contributed by atoms with van der Waals surface area (Å²) in [6.45, 7) is 0.681. The number of aromatic nitrogens is 1. The van der Waals surface area contributed by atoms with Gasteiger partial charge in [-0.15, -0.1) is 0 Å². The zero-order chi connectivity index (χ0) is 26.8. The van der Waals surface area contributed by atoms with E-state index < -0.39 is 11.9 Å². The highest BCUT2D eigenvalue weighted by Crippen LogP contribution is 2.27. The quantitative estimate of drug-likeness (QED) is 0.368. The van der Waals surface area contributed by atoms with Crippen molar-refractivity contribution in [3.8, 4) is 0 Å². The minimum atomic E-state index is -1.24. The number of carboxylic acids is 1. The molecule has 0 radical (unpaired) electrons. The molecule has 9 nitrogen and oxygen atoms in total. The first-order valence-electron chi connectivity index (χ1n) is 12.9. The van der Waals surface area contributed by atoms with Crippen LogP contribution in [0.3, 0.4) is 0 Å². The Morgan fingerprint density at radius 3 is 2.26 bits per heavy atom. The lowest BCUT2D eigenvalue weighted by Crippen LogP contribution is -2.53. The van der Waals surface area contributed by atoms with E-state index in [1.807, 2.05) is 0 Å². The summed E-state index contributed by atoms with van der Waals surface area (Å²) >= 11 is 6.12. The fourth-order valence-electron chi connectivity index (χ4n) is 5.40. The first-order valence-corrected chi connectivity index (χ1v) is 13.3. The number of aromatic amines is 1. The molecule has 1 aliphatic heterocycles. The summed E-state index contributed by atoms with van der Waals surface area (Å²) in [5, 5.41) is 16.5. The number of hydrogen-bond donors (Lipinski definition) is 4. The van der Waals surface area contributed by atoms with Crippen molar-refractivity contribution in [3.63, 3.8) is 0 Å². The summed E-state index contributed by atoms with van der Waals surface area (Å²) in [5.74, 6) is -1.95. The lowest BCUT2D eigenvalue weighted by Gasteiger charge is -2.33. The minimum absolute atomic E-state index is 0.0218. The van der Waals surface area contributed by atoms with E-state index in [-0.39, 0.29) is 35.2 Å². The Hall–Kier alpha value is -3.85. The number of benzene rings is 2. The van der Waals surface area contributed by atoms with Crippen LogP contribution in [-0.4, -0.2) is 52.4 Å². The molecule has 198 valence electrons. The number of rotatable bonds is 6. The number of carbonyl (C=O) groups excluding carboxylic acids is 3. The van der Waals surface area contributed by atoms with Crippen LogP contribution in [0.4, 0.5) is 5.69 Å². The van der Waals surface area contributed by atoms with Crippen molar-refractivity contribution in [2.75, 3.05) is 11.4 Å². The summed E-state index contributed by atoms with van der Waals surface area (Å²) in [6, 6.07) is 11.1. The molecule has 0 bridgehead atoms. The Morgan fingerprint density at radius 2 is 1.61 bits per heavy atom. The van der Waals surface area contributed by atoms with Crippen LogP contribution in [0.2, 0.25) is 5.02 Å². The van der Waals surface area contributed by atoms with Gasteiger partial charge in [-0.05, 0) is 68.1 Å². The molecule has 1 saturated heterocycles. The molecule has 2 atom stereocenters. The summed E-state index contributed by atoms with van der Waals surface area (Å²) in [4.78, 5) is 55.0. The summed E-state index contributed by atoms with van der Waals surface area (Å²) in [6.07, 6.45) is 5.51. The van der Waals surface area contributed by atoms with Crippen LogP contribution < -0.4 is 15.5 Å². The normalized spacial score (nSPS) is 19.8. The van der Waals surface area contributed by atoms with Crippen LogP contribution in [0.5, 0.6) is 0 Å². The van der Waals surface area contributed by atoms with Gasteiger partial charge in [-0.25, -0.2) is 4.79 Å². The zero-order valence-corrected chi connectivity index (χ0v) is 21.5. The van der Waals surface area contributed by atoms with Crippen LogP contribution in [0.15, 0.2) is 42.5 Å². The van der Waals surface area contributed by atoms with Crippen molar-refractivity contribution >= 4 is 51.9 Å². The van der Waals surface area contributed by atoms with E-state index in [1.165, 1.54) is 0 Å². The molecule has 0 spiro atoms. The molecule has 2 aromatic carbocycles. The van der Waals surface area contributed by atoms with Crippen LogP contribution >= 0.6 is 11.6 Å².